The number of benzene rings is 1. The molecule has 150 valence electrons. The first-order chi connectivity index (χ1) is 13.5. The zero-order valence-electron chi connectivity index (χ0n) is 15.6. The van der Waals surface area contributed by atoms with Crippen LogP contribution in [0.3, 0.4) is 0 Å². The third-order valence-electron chi connectivity index (χ3n) is 4.53. The summed E-state index contributed by atoms with van der Waals surface area (Å²) in [6, 6.07) is 10.5. The molecule has 3 rings (SSSR count). The van der Waals surface area contributed by atoms with Gasteiger partial charge in [-0.1, -0.05) is 11.8 Å². The molecular formula is C19H23F2N5OS. The van der Waals surface area contributed by atoms with Crippen LogP contribution in [0.2, 0.25) is 0 Å². The predicted molar refractivity (Wildman–Crippen MR) is 107 cm³/mol. The van der Waals surface area contributed by atoms with Gasteiger partial charge in [0, 0.05) is 35.9 Å². The largest absolute Gasteiger partial charge is 0.351 e. The number of likely N-dealkylation sites (N-methyl/N-ethyl adjacent to an activating group) is 1. The number of amides is 1. The van der Waals surface area contributed by atoms with Gasteiger partial charge in [0.1, 0.15) is 0 Å². The van der Waals surface area contributed by atoms with E-state index in [-0.39, 0.29) is 12.5 Å². The number of hydrogen-bond acceptors (Lipinski definition) is 6. The average molecular weight is 407 g/mol. The molecule has 0 bridgehead atoms. The minimum Gasteiger partial charge on any atom is -0.351 e. The number of nitrogens with zero attached hydrogens (tertiary/aromatic N) is 4. The van der Waals surface area contributed by atoms with Crippen LogP contribution in [0.25, 0.3) is 0 Å². The molecule has 1 N–H and O–H groups in total. The molecule has 2 heterocycles. The Labute approximate surface area is 167 Å². The maximum Gasteiger partial charge on any atom is 0.288 e. The van der Waals surface area contributed by atoms with Crippen molar-refractivity contribution in [2.24, 2.45) is 0 Å². The van der Waals surface area contributed by atoms with Crippen molar-refractivity contribution in [2.45, 2.75) is 29.5 Å². The normalized spacial score (nSPS) is 16.8. The van der Waals surface area contributed by atoms with Gasteiger partial charge in [-0.2, -0.15) is 13.9 Å². The van der Waals surface area contributed by atoms with Gasteiger partial charge in [-0.05, 0) is 56.3 Å². The van der Waals surface area contributed by atoms with Crippen molar-refractivity contribution >= 4 is 29.2 Å². The van der Waals surface area contributed by atoms with E-state index < -0.39 is 5.76 Å². The summed E-state index contributed by atoms with van der Waals surface area (Å²) in [5.41, 5.74) is 0.596. The Morgan fingerprint density at radius 2 is 2.14 bits per heavy atom. The van der Waals surface area contributed by atoms with Crippen molar-refractivity contribution in [1.82, 2.24) is 15.1 Å². The number of thioether (sulfide) groups is 1. The zero-order valence-corrected chi connectivity index (χ0v) is 16.4. The molecule has 1 fully saturated rings. The Morgan fingerprint density at radius 1 is 1.36 bits per heavy atom. The SMILES string of the molecule is CN(CC(=O)Nc1ccc(SC(F)F)cc1)CC1CCCN1c1cccnn1. The van der Waals surface area contributed by atoms with Crippen LogP contribution in [0.5, 0.6) is 0 Å². The van der Waals surface area contributed by atoms with E-state index in [9.17, 15) is 13.6 Å². The molecule has 0 spiro atoms. The highest BCUT2D eigenvalue weighted by Gasteiger charge is 2.27. The van der Waals surface area contributed by atoms with Crippen LogP contribution in [0.1, 0.15) is 12.8 Å². The van der Waals surface area contributed by atoms with Gasteiger partial charge >= 0.3 is 0 Å². The molecule has 0 aliphatic carbocycles. The minimum absolute atomic E-state index is 0.138. The number of aromatic nitrogens is 2. The fourth-order valence-electron chi connectivity index (χ4n) is 3.36. The summed E-state index contributed by atoms with van der Waals surface area (Å²) < 4.78 is 24.7. The smallest absolute Gasteiger partial charge is 0.288 e. The summed E-state index contributed by atoms with van der Waals surface area (Å²) in [7, 11) is 1.91. The summed E-state index contributed by atoms with van der Waals surface area (Å²) in [5.74, 6) is -1.73. The van der Waals surface area contributed by atoms with Crippen LogP contribution in [0.15, 0.2) is 47.5 Å². The summed E-state index contributed by atoms with van der Waals surface area (Å²) in [4.78, 5) is 17.0. The van der Waals surface area contributed by atoms with Crippen molar-refractivity contribution in [2.75, 3.05) is 36.9 Å². The topological polar surface area (TPSA) is 61.4 Å². The summed E-state index contributed by atoms with van der Waals surface area (Å²) in [6.45, 7) is 1.93. The molecule has 9 heteroatoms. The Morgan fingerprint density at radius 3 is 2.82 bits per heavy atom. The van der Waals surface area contributed by atoms with Crippen molar-refractivity contribution in [1.29, 1.82) is 0 Å². The molecule has 1 aromatic carbocycles. The first-order valence-corrected chi connectivity index (χ1v) is 9.97. The van der Waals surface area contributed by atoms with Gasteiger partial charge in [-0.15, -0.1) is 5.10 Å². The van der Waals surface area contributed by atoms with Gasteiger partial charge in [-0.3, -0.25) is 9.69 Å². The second kappa shape index (κ2) is 9.79. The van der Waals surface area contributed by atoms with Gasteiger partial charge in [0.05, 0.1) is 6.54 Å². The first kappa shape index (κ1) is 20.5. The molecule has 1 atom stereocenters. The number of nitrogens with one attached hydrogen (secondary N) is 1. The Balaban J connectivity index is 1.49. The van der Waals surface area contributed by atoms with E-state index in [0.29, 0.717) is 28.4 Å². The number of anilines is 2. The summed E-state index contributed by atoms with van der Waals surface area (Å²) >= 11 is 0.484. The van der Waals surface area contributed by atoms with Gasteiger partial charge < -0.3 is 10.2 Å². The van der Waals surface area contributed by atoms with Crippen LogP contribution in [-0.4, -0.2) is 59.5 Å². The molecule has 2 aromatic rings. The number of rotatable bonds is 8. The van der Waals surface area contributed by atoms with E-state index >= 15 is 0 Å². The number of carbonyl (C=O) groups excluding carboxylic acids is 1. The minimum atomic E-state index is -2.45. The van der Waals surface area contributed by atoms with Crippen LogP contribution < -0.4 is 10.2 Å². The standard InChI is InChI=1S/C19H23F2N5OS/c1-25(12-15-4-3-11-26(15)17-5-2-10-22-24-17)13-18(27)23-14-6-8-16(9-7-14)28-19(20)21/h2,5-10,15,19H,3-4,11-13H2,1H3,(H,23,27). The second-order valence-electron chi connectivity index (χ2n) is 6.72. The monoisotopic (exact) mass is 407 g/mol. The number of alkyl halides is 2. The van der Waals surface area contributed by atoms with Crippen molar-refractivity contribution in [3.8, 4) is 0 Å². The Hall–Kier alpha value is -2.26. The molecule has 1 amide bonds. The second-order valence-corrected chi connectivity index (χ2v) is 7.78. The van der Waals surface area contributed by atoms with Crippen molar-refractivity contribution in [3.63, 3.8) is 0 Å². The van der Waals surface area contributed by atoms with Crippen molar-refractivity contribution in [3.05, 3.63) is 42.6 Å². The van der Waals surface area contributed by atoms with Gasteiger partial charge in [0.25, 0.3) is 5.76 Å². The van der Waals surface area contributed by atoms with E-state index in [0.717, 1.165) is 31.7 Å². The van der Waals surface area contributed by atoms with Crippen molar-refractivity contribution < 1.29 is 13.6 Å². The molecule has 28 heavy (non-hydrogen) atoms. The Bertz CT molecular complexity index is 763. The molecule has 0 saturated carbocycles. The lowest BCUT2D eigenvalue weighted by atomic mass is 10.2. The van der Waals surface area contributed by atoms with E-state index in [2.05, 4.69) is 20.4 Å². The lowest BCUT2D eigenvalue weighted by Gasteiger charge is -2.28. The average Bonchev–Trinajstić information content (AvgIpc) is 3.11. The third-order valence-corrected chi connectivity index (χ3v) is 5.25. The van der Waals surface area contributed by atoms with E-state index in [1.54, 1.807) is 30.5 Å². The number of hydrogen-bond donors (Lipinski definition) is 1. The fourth-order valence-corrected chi connectivity index (χ4v) is 3.86. The fraction of sp³-hybridized carbons (Fsp3) is 0.421. The van der Waals surface area contributed by atoms with Crippen LogP contribution in [0.4, 0.5) is 20.3 Å². The highest BCUT2D eigenvalue weighted by atomic mass is 32.2. The van der Waals surface area contributed by atoms with Crippen LogP contribution in [0, 0.1) is 0 Å². The molecule has 1 aromatic heterocycles. The molecule has 0 radical (unpaired) electrons. The summed E-state index contributed by atoms with van der Waals surface area (Å²) in [6.07, 6.45) is 3.79. The van der Waals surface area contributed by atoms with Crippen LogP contribution in [-0.2, 0) is 4.79 Å². The lowest BCUT2D eigenvalue weighted by molar-refractivity contribution is -0.117. The van der Waals surface area contributed by atoms with Gasteiger partial charge in [0.15, 0.2) is 5.82 Å². The quantitative estimate of drug-likeness (QED) is 0.678. The highest BCUT2D eigenvalue weighted by molar-refractivity contribution is 7.99. The van der Waals surface area contributed by atoms with E-state index in [1.807, 2.05) is 24.1 Å². The highest BCUT2D eigenvalue weighted by Crippen LogP contribution is 2.26. The maximum absolute atomic E-state index is 12.4. The lowest BCUT2D eigenvalue weighted by Crippen LogP contribution is -2.42. The Kier molecular flexibility index (Phi) is 7.16. The molecule has 1 aliphatic heterocycles. The summed E-state index contributed by atoms with van der Waals surface area (Å²) in [5, 5.41) is 10.9. The van der Waals surface area contributed by atoms with Crippen LogP contribution >= 0.6 is 11.8 Å². The molecule has 6 nitrogen and oxygen atoms in total. The zero-order chi connectivity index (χ0) is 19.9. The predicted octanol–water partition coefficient (Wildman–Crippen LogP) is 3.33. The number of halogens is 2. The molecule has 1 saturated heterocycles. The van der Waals surface area contributed by atoms with E-state index in [4.69, 9.17) is 0 Å². The molecule has 1 aliphatic rings. The molecular weight excluding hydrogens is 384 g/mol. The van der Waals surface area contributed by atoms with E-state index in [1.165, 1.54) is 0 Å². The number of carbonyl (C=O) groups is 1. The third kappa shape index (κ3) is 5.87. The van der Waals surface area contributed by atoms with Gasteiger partial charge in [0.2, 0.25) is 5.91 Å². The molecule has 1 unspecified atom stereocenters. The first-order valence-electron chi connectivity index (χ1n) is 9.09. The maximum atomic E-state index is 12.4. The van der Waals surface area contributed by atoms with Gasteiger partial charge in [-0.25, -0.2) is 0 Å².